The van der Waals surface area contributed by atoms with Crippen LogP contribution in [0.2, 0.25) is 0 Å². The predicted molar refractivity (Wildman–Crippen MR) is 181 cm³/mol. The molecule has 252 valence electrons. The molecule has 0 bridgehead atoms. The maximum atomic E-state index is 13.4. The molecule has 0 aliphatic rings. The summed E-state index contributed by atoms with van der Waals surface area (Å²) in [5.41, 5.74) is -0.0242. The number of hydrogen-bond acceptors (Lipinski definition) is 12. The van der Waals surface area contributed by atoms with Crippen LogP contribution in [0.5, 0.6) is 0 Å². The number of rotatable bonds is 11. The van der Waals surface area contributed by atoms with Gasteiger partial charge in [0.2, 0.25) is 17.6 Å². The fourth-order valence-electron chi connectivity index (χ4n) is 4.62. The van der Waals surface area contributed by atoms with Gasteiger partial charge in [-0.25, -0.2) is 19.6 Å². The Balaban J connectivity index is 1.53. The number of fused-ring (bicyclic) bond motifs is 1. The van der Waals surface area contributed by atoms with Crippen molar-refractivity contribution in [2.24, 2.45) is 0 Å². The Bertz CT molecular complexity index is 1740. The lowest BCUT2D eigenvalue weighted by molar-refractivity contribution is -0.116. The van der Waals surface area contributed by atoms with Crippen LogP contribution in [0.1, 0.15) is 82.1 Å². The van der Waals surface area contributed by atoms with Crippen LogP contribution in [0.3, 0.4) is 0 Å². The molecule has 3 aromatic heterocycles. The molecule has 0 unspecified atom stereocenters. The van der Waals surface area contributed by atoms with E-state index in [0.29, 0.717) is 52.6 Å². The van der Waals surface area contributed by atoms with E-state index in [1.165, 1.54) is 4.90 Å². The average molecular weight is 666 g/mol. The van der Waals surface area contributed by atoms with Gasteiger partial charge in [0.25, 0.3) is 0 Å². The molecule has 0 radical (unpaired) electrons. The van der Waals surface area contributed by atoms with Crippen LogP contribution in [-0.4, -0.2) is 73.8 Å². The van der Waals surface area contributed by atoms with E-state index in [-0.39, 0.29) is 18.4 Å². The summed E-state index contributed by atoms with van der Waals surface area (Å²) in [5, 5.41) is 12.4. The molecule has 1 aromatic carbocycles. The number of ether oxygens (including phenoxy) is 2. The Hall–Kier alpha value is -4.59. The van der Waals surface area contributed by atoms with Crippen molar-refractivity contribution < 1.29 is 28.4 Å². The standard InChI is InChI=1S/C33H43N7O6S/c1-19-26(29(42)44-32(3,4)5)47-30(35-19)38-25(41)18-23(11-10-16-40(9)31(43)45-33(6,7)8)37-28-24-17-22(27-36-20(2)46-39-27)13-12-21(24)14-15-34-28/h12-15,17,23H,10-11,16,18H2,1-9H3,(H,34,37)(H,35,38,41)/t23-/m0/s1. The van der Waals surface area contributed by atoms with E-state index in [2.05, 4.69) is 30.7 Å². The lowest BCUT2D eigenvalue weighted by atomic mass is 10.0. The molecule has 0 saturated heterocycles. The zero-order valence-electron chi connectivity index (χ0n) is 28.4. The van der Waals surface area contributed by atoms with Crippen LogP contribution in [0.25, 0.3) is 22.2 Å². The Morgan fingerprint density at radius 2 is 1.74 bits per heavy atom. The predicted octanol–water partition coefficient (Wildman–Crippen LogP) is 6.77. The summed E-state index contributed by atoms with van der Waals surface area (Å²) >= 11 is 1.07. The van der Waals surface area contributed by atoms with Gasteiger partial charge < -0.3 is 29.5 Å². The van der Waals surface area contributed by atoms with Gasteiger partial charge in [0.1, 0.15) is 21.9 Å². The molecule has 4 rings (SSSR count). The number of thiazole rings is 1. The van der Waals surface area contributed by atoms with Crippen molar-refractivity contribution in [1.82, 2.24) is 25.0 Å². The Labute approximate surface area is 278 Å². The first kappa shape index (κ1) is 35.3. The van der Waals surface area contributed by atoms with E-state index in [1.54, 1.807) is 47.9 Å². The topological polar surface area (TPSA) is 162 Å². The monoisotopic (exact) mass is 665 g/mol. The Kier molecular flexibility index (Phi) is 10.8. The van der Waals surface area contributed by atoms with E-state index in [9.17, 15) is 14.4 Å². The molecule has 0 spiro atoms. The quantitative estimate of drug-likeness (QED) is 0.163. The number of amides is 2. The number of nitrogens with zero attached hydrogens (tertiary/aromatic N) is 5. The Morgan fingerprint density at radius 1 is 1.02 bits per heavy atom. The van der Waals surface area contributed by atoms with Crippen molar-refractivity contribution >= 4 is 51.0 Å². The normalized spacial score (nSPS) is 12.4. The number of pyridine rings is 1. The van der Waals surface area contributed by atoms with Gasteiger partial charge in [-0.05, 0) is 78.8 Å². The van der Waals surface area contributed by atoms with Crippen LogP contribution in [0.15, 0.2) is 35.0 Å². The number of carbonyl (C=O) groups excluding carboxylic acids is 3. The van der Waals surface area contributed by atoms with Crippen LogP contribution < -0.4 is 10.6 Å². The number of esters is 1. The number of benzene rings is 1. The molecular weight excluding hydrogens is 622 g/mol. The SMILES string of the molecule is Cc1nc(-c2ccc3ccnc(N[C@@H](CCCN(C)C(=O)OC(C)(C)C)CC(=O)Nc4nc(C)c(C(=O)OC(C)(C)C)s4)c3c2)no1. The highest BCUT2D eigenvalue weighted by atomic mass is 32.1. The van der Waals surface area contributed by atoms with Gasteiger partial charge in [0.05, 0.1) is 5.69 Å². The molecule has 2 N–H and O–H groups in total. The smallest absolute Gasteiger partial charge is 0.410 e. The van der Waals surface area contributed by atoms with Crippen molar-refractivity contribution in [2.45, 2.75) is 91.9 Å². The van der Waals surface area contributed by atoms with Gasteiger partial charge in [-0.15, -0.1) is 0 Å². The van der Waals surface area contributed by atoms with Gasteiger partial charge in [0, 0.05) is 50.1 Å². The van der Waals surface area contributed by atoms with Crippen molar-refractivity contribution in [1.29, 1.82) is 0 Å². The third-order valence-corrected chi connectivity index (χ3v) is 7.76. The van der Waals surface area contributed by atoms with Gasteiger partial charge in [0.15, 0.2) is 5.13 Å². The molecule has 0 saturated carbocycles. The van der Waals surface area contributed by atoms with Crippen LogP contribution in [0, 0.1) is 13.8 Å². The van der Waals surface area contributed by atoms with E-state index in [0.717, 1.165) is 27.7 Å². The highest BCUT2D eigenvalue weighted by Gasteiger charge is 2.25. The summed E-state index contributed by atoms with van der Waals surface area (Å²) in [7, 11) is 1.68. The van der Waals surface area contributed by atoms with E-state index < -0.39 is 23.3 Å². The van der Waals surface area contributed by atoms with Crippen LogP contribution >= 0.6 is 11.3 Å². The number of aromatic nitrogens is 4. The van der Waals surface area contributed by atoms with Crippen molar-refractivity contribution in [3.8, 4) is 11.4 Å². The van der Waals surface area contributed by atoms with Crippen molar-refractivity contribution in [2.75, 3.05) is 24.2 Å². The zero-order chi connectivity index (χ0) is 34.5. The van der Waals surface area contributed by atoms with Gasteiger partial charge in [-0.1, -0.05) is 28.6 Å². The molecule has 47 heavy (non-hydrogen) atoms. The van der Waals surface area contributed by atoms with Gasteiger partial charge in [-0.3, -0.25) is 4.79 Å². The van der Waals surface area contributed by atoms with E-state index in [4.69, 9.17) is 14.0 Å². The highest BCUT2D eigenvalue weighted by molar-refractivity contribution is 7.17. The molecule has 0 aliphatic carbocycles. The van der Waals surface area contributed by atoms with Crippen molar-refractivity contribution in [3.63, 3.8) is 0 Å². The number of carbonyl (C=O) groups is 3. The molecule has 13 nitrogen and oxygen atoms in total. The summed E-state index contributed by atoms with van der Waals surface area (Å²) in [4.78, 5) is 53.7. The molecule has 3 heterocycles. The van der Waals surface area contributed by atoms with E-state index in [1.807, 2.05) is 45.0 Å². The second-order valence-electron chi connectivity index (χ2n) is 13.3. The fraction of sp³-hybridized carbons (Fsp3) is 0.485. The highest BCUT2D eigenvalue weighted by Crippen LogP contribution is 2.29. The third-order valence-electron chi connectivity index (χ3n) is 6.70. The molecular formula is C33H43N7O6S. The summed E-state index contributed by atoms with van der Waals surface area (Å²) in [6.07, 6.45) is 2.46. The third kappa shape index (κ3) is 10.2. The minimum absolute atomic E-state index is 0.0678. The number of hydrogen-bond donors (Lipinski definition) is 2. The van der Waals surface area contributed by atoms with Gasteiger partial charge >= 0.3 is 12.1 Å². The maximum Gasteiger partial charge on any atom is 0.410 e. The maximum absolute atomic E-state index is 13.4. The second kappa shape index (κ2) is 14.4. The van der Waals surface area contributed by atoms with E-state index >= 15 is 0 Å². The summed E-state index contributed by atoms with van der Waals surface area (Å²) in [6, 6.07) is 7.32. The average Bonchev–Trinajstić information content (AvgIpc) is 3.55. The molecule has 0 aliphatic heterocycles. The minimum Gasteiger partial charge on any atom is -0.456 e. The van der Waals surface area contributed by atoms with Crippen LogP contribution in [-0.2, 0) is 14.3 Å². The first-order valence-electron chi connectivity index (χ1n) is 15.4. The second-order valence-corrected chi connectivity index (χ2v) is 14.3. The van der Waals surface area contributed by atoms with Gasteiger partial charge in [-0.2, -0.15) is 4.98 Å². The Morgan fingerprint density at radius 3 is 2.40 bits per heavy atom. The molecule has 14 heteroatoms. The lowest BCUT2D eigenvalue weighted by Crippen LogP contribution is -2.35. The van der Waals surface area contributed by atoms with Crippen molar-refractivity contribution in [3.05, 3.63) is 46.9 Å². The minimum atomic E-state index is -0.658. The lowest BCUT2D eigenvalue weighted by Gasteiger charge is -2.25. The molecule has 1 atom stereocenters. The first-order valence-corrected chi connectivity index (χ1v) is 16.2. The molecule has 2 amide bonds. The largest absolute Gasteiger partial charge is 0.456 e. The number of anilines is 2. The van der Waals surface area contributed by atoms with Crippen LogP contribution in [0.4, 0.5) is 15.7 Å². The first-order chi connectivity index (χ1) is 22.0. The zero-order valence-corrected chi connectivity index (χ0v) is 29.2. The molecule has 0 fully saturated rings. The molecule has 4 aromatic rings. The summed E-state index contributed by atoms with van der Waals surface area (Å²) in [6.45, 7) is 14.7. The summed E-state index contributed by atoms with van der Waals surface area (Å²) in [5.74, 6) is 0.723. The number of aryl methyl sites for hydroxylation is 2. The summed E-state index contributed by atoms with van der Waals surface area (Å²) < 4.78 is 16.1. The fourth-order valence-corrected chi connectivity index (χ4v) is 5.48. The number of nitrogens with one attached hydrogen (secondary N) is 2.